The van der Waals surface area contributed by atoms with Crippen LogP contribution in [0.4, 0.5) is 5.69 Å². The molecule has 1 amide bonds. The molecule has 0 aliphatic carbocycles. The number of amides is 1. The van der Waals surface area contributed by atoms with Crippen LogP contribution in [-0.2, 0) is 20.7 Å². The minimum Gasteiger partial charge on any atom is -0.452 e. The lowest BCUT2D eigenvalue weighted by molar-refractivity contribution is -0.150. The van der Waals surface area contributed by atoms with Crippen molar-refractivity contribution in [2.45, 2.75) is 45.1 Å². The fourth-order valence-corrected chi connectivity index (χ4v) is 3.26. The van der Waals surface area contributed by atoms with Gasteiger partial charge in [0.2, 0.25) is 0 Å². The smallest absolute Gasteiger partial charge is 0.317 e. The maximum Gasteiger partial charge on any atom is 0.317 e. The Balaban J connectivity index is 1.83. The first-order valence-corrected chi connectivity index (χ1v) is 9.67. The Morgan fingerprint density at radius 3 is 2.46 bits per heavy atom. The molecule has 138 valence electrons. The van der Waals surface area contributed by atoms with E-state index in [-0.39, 0.29) is 11.7 Å². The van der Waals surface area contributed by atoms with Crippen molar-refractivity contribution in [1.29, 1.82) is 0 Å². The van der Waals surface area contributed by atoms with Gasteiger partial charge in [0, 0.05) is 10.6 Å². The molecular weight excluding hydrogens is 346 g/mol. The van der Waals surface area contributed by atoms with Crippen molar-refractivity contribution < 1.29 is 14.3 Å². The van der Waals surface area contributed by atoms with Crippen molar-refractivity contribution in [1.82, 2.24) is 0 Å². The van der Waals surface area contributed by atoms with Crippen molar-refractivity contribution in [2.75, 3.05) is 11.1 Å². The molecule has 2 aromatic rings. The Morgan fingerprint density at radius 1 is 1.12 bits per heavy atom. The van der Waals surface area contributed by atoms with Crippen molar-refractivity contribution in [3.8, 4) is 0 Å². The number of nitrogens with one attached hydrogen (secondary N) is 1. The van der Waals surface area contributed by atoms with Gasteiger partial charge in [0.15, 0.2) is 6.10 Å². The number of rotatable bonds is 7. The zero-order valence-electron chi connectivity index (χ0n) is 15.7. The van der Waals surface area contributed by atoms with E-state index in [9.17, 15) is 9.59 Å². The second kappa shape index (κ2) is 9.43. The average molecular weight is 372 g/mol. The highest BCUT2D eigenvalue weighted by Crippen LogP contribution is 2.23. The summed E-state index contributed by atoms with van der Waals surface area (Å²) in [6, 6.07) is 13.7. The molecule has 5 heteroatoms. The van der Waals surface area contributed by atoms with Gasteiger partial charge in [-0.2, -0.15) is 0 Å². The quantitative estimate of drug-likeness (QED) is 0.574. The molecule has 1 N–H and O–H groups in total. The Labute approximate surface area is 159 Å². The van der Waals surface area contributed by atoms with Crippen molar-refractivity contribution in [2.24, 2.45) is 0 Å². The van der Waals surface area contributed by atoms with E-state index >= 15 is 0 Å². The predicted molar refractivity (Wildman–Crippen MR) is 107 cm³/mol. The van der Waals surface area contributed by atoms with E-state index in [1.165, 1.54) is 17.3 Å². The molecule has 1 atom stereocenters. The van der Waals surface area contributed by atoms with Crippen LogP contribution in [-0.4, -0.2) is 23.7 Å². The highest BCUT2D eigenvalue weighted by atomic mass is 32.2. The van der Waals surface area contributed by atoms with Gasteiger partial charge in [-0.3, -0.25) is 9.59 Å². The molecule has 0 heterocycles. The largest absolute Gasteiger partial charge is 0.452 e. The number of carbonyl (C=O) groups excluding carboxylic acids is 2. The molecule has 26 heavy (non-hydrogen) atoms. The van der Waals surface area contributed by atoms with Crippen LogP contribution in [0.3, 0.4) is 0 Å². The Kier molecular flexibility index (Phi) is 7.27. The summed E-state index contributed by atoms with van der Waals surface area (Å²) in [4.78, 5) is 25.3. The molecule has 0 saturated carbocycles. The predicted octanol–water partition coefficient (Wildman–Crippen LogP) is 4.53. The van der Waals surface area contributed by atoms with Crippen LogP contribution in [0.1, 0.15) is 30.5 Å². The second-order valence-electron chi connectivity index (χ2n) is 6.23. The third kappa shape index (κ3) is 5.92. The van der Waals surface area contributed by atoms with Crippen molar-refractivity contribution in [3.05, 3.63) is 59.2 Å². The fourth-order valence-electron chi connectivity index (χ4n) is 2.35. The summed E-state index contributed by atoms with van der Waals surface area (Å²) in [5.74, 6) is -0.563. The summed E-state index contributed by atoms with van der Waals surface area (Å²) in [6.45, 7) is 7.68. The molecule has 0 aliphatic heterocycles. The number of aryl methyl sites for hydroxylation is 3. The lowest BCUT2D eigenvalue weighted by Gasteiger charge is -2.14. The van der Waals surface area contributed by atoms with E-state index in [2.05, 4.69) is 12.2 Å². The number of ether oxygens (including phenoxy) is 1. The molecule has 0 saturated heterocycles. The van der Waals surface area contributed by atoms with Gasteiger partial charge in [0.05, 0.1) is 5.75 Å². The number of anilines is 1. The lowest BCUT2D eigenvalue weighted by atomic mass is 10.1. The molecule has 0 radical (unpaired) electrons. The van der Waals surface area contributed by atoms with Gasteiger partial charge in [-0.15, -0.1) is 11.8 Å². The van der Waals surface area contributed by atoms with Gasteiger partial charge >= 0.3 is 5.97 Å². The zero-order chi connectivity index (χ0) is 19.1. The Hall–Kier alpha value is -2.27. The molecular formula is C21H25NO3S. The van der Waals surface area contributed by atoms with Crippen molar-refractivity contribution >= 4 is 29.3 Å². The zero-order valence-corrected chi connectivity index (χ0v) is 16.5. The van der Waals surface area contributed by atoms with E-state index in [1.54, 1.807) is 6.92 Å². The average Bonchev–Trinajstić information content (AvgIpc) is 2.63. The van der Waals surface area contributed by atoms with Crippen LogP contribution in [0.15, 0.2) is 47.4 Å². The summed E-state index contributed by atoms with van der Waals surface area (Å²) < 4.78 is 5.25. The van der Waals surface area contributed by atoms with Crippen LogP contribution >= 0.6 is 11.8 Å². The first-order valence-electron chi connectivity index (χ1n) is 8.68. The van der Waals surface area contributed by atoms with Gasteiger partial charge in [-0.25, -0.2) is 0 Å². The van der Waals surface area contributed by atoms with Crippen LogP contribution < -0.4 is 5.32 Å². The minimum atomic E-state index is -0.840. The molecule has 4 nitrogen and oxygen atoms in total. The standard InChI is InChI=1S/C21H25NO3S/c1-5-17-8-10-18(11-9-17)22-21(24)16(4)25-20(23)13-26-19-12-14(2)6-7-15(19)3/h6-12,16H,5,13H2,1-4H3,(H,22,24)/t16-/m0/s1. The number of esters is 1. The molecule has 0 fully saturated rings. The monoisotopic (exact) mass is 371 g/mol. The number of hydrogen-bond acceptors (Lipinski definition) is 4. The molecule has 0 unspecified atom stereocenters. The number of benzene rings is 2. The second-order valence-corrected chi connectivity index (χ2v) is 7.25. The first kappa shape index (κ1) is 20.0. The summed E-state index contributed by atoms with van der Waals surface area (Å²) in [6.07, 6.45) is 0.105. The third-order valence-electron chi connectivity index (χ3n) is 4.00. The summed E-state index contributed by atoms with van der Waals surface area (Å²) in [5, 5.41) is 2.77. The molecule has 0 aromatic heterocycles. The third-order valence-corrected chi connectivity index (χ3v) is 5.13. The van der Waals surface area contributed by atoms with Crippen LogP contribution in [0.5, 0.6) is 0 Å². The van der Waals surface area contributed by atoms with E-state index in [0.717, 1.165) is 22.4 Å². The highest BCUT2D eigenvalue weighted by molar-refractivity contribution is 8.00. The van der Waals surface area contributed by atoms with E-state index < -0.39 is 12.1 Å². The highest BCUT2D eigenvalue weighted by Gasteiger charge is 2.18. The molecule has 0 spiro atoms. The molecule has 0 bridgehead atoms. The number of thioether (sulfide) groups is 1. The summed E-state index contributed by atoms with van der Waals surface area (Å²) in [7, 11) is 0. The van der Waals surface area contributed by atoms with Gasteiger partial charge in [0.1, 0.15) is 0 Å². The summed E-state index contributed by atoms with van der Waals surface area (Å²) >= 11 is 1.42. The van der Waals surface area contributed by atoms with Crippen LogP contribution in [0, 0.1) is 13.8 Å². The summed E-state index contributed by atoms with van der Waals surface area (Å²) in [5.41, 5.74) is 4.16. The molecule has 2 rings (SSSR count). The molecule has 0 aliphatic rings. The minimum absolute atomic E-state index is 0.174. The van der Waals surface area contributed by atoms with Gasteiger partial charge in [0.25, 0.3) is 5.91 Å². The number of hydrogen-bond donors (Lipinski definition) is 1. The Bertz CT molecular complexity index is 771. The maximum absolute atomic E-state index is 12.2. The lowest BCUT2D eigenvalue weighted by Crippen LogP contribution is -2.30. The normalized spacial score (nSPS) is 11.7. The SMILES string of the molecule is CCc1ccc(NC(=O)[C@H](C)OC(=O)CSc2cc(C)ccc2C)cc1. The van der Waals surface area contributed by atoms with E-state index in [1.807, 2.05) is 56.3 Å². The van der Waals surface area contributed by atoms with Crippen LogP contribution in [0.2, 0.25) is 0 Å². The molecule has 2 aromatic carbocycles. The van der Waals surface area contributed by atoms with E-state index in [4.69, 9.17) is 4.74 Å². The number of carbonyl (C=O) groups is 2. The fraction of sp³-hybridized carbons (Fsp3) is 0.333. The topological polar surface area (TPSA) is 55.4 Å². The van der Waals surface area contributed by atoms with Crippen LogP contribution in [0.25, 0.3) is 0 Å². The van der Waals surface area contributed by atoms with Gasteiger partial charge < -0.3 is 10.1 Å². The maximum atomic E-state index is 12.2. The first-order chi connectivity index (χ1) is 12.4. The Morgan fingerprint density at radius 2 is 1.81 bits per heavy atom. The van der Waals surface area contributed by atoms with Gasteiger partial charge in [-0.1, -0.05) is 36.8 Å². The van der Waals surface area contributed by atoms with E-state index in [0.29, 0.717) is 5.69 Å². The van der Waals surface area contributed by atoms with Gasteiger partial charge in [-0.05, 0) is 56.5 Å². The van der Waals surface area contributed by atoms with Crippen molar-refractivity contribution in [3.63, 3.8) is 0 Å².